The first-order chi connectivity index (χ1) is 9.16. The van der Waals surface area contributed by atoms with Gasteiger partial charge in [-0.3, -0.25) is 0 Å². The van der Waals surface area contributed by atoms with Crippen LogP contribution in [-0.2, 0) is 0 Å². The molecule has 19 heavy (non-hydrogen) atoms. The summed E-state index contributed by atoms with van der Waals surface area (Å²) >= 11 is 0. The Hall–Kier alpha value is -1.32. The number of benzene rings is 1. The maximum Gasteiger partial charge on any atom is 0.134 e. The van der Waals surface area contributed by atoms with E-state index in [9.17, 15) is 0 Å². The Bertz CT molecular complexity index is 471. The van der Waals surface area contributed by atoms with Gasteiger partial charge in [-0.15, -0.1) is 0 Å². The van der Waals surface area contributed by atoms with E-state index in [0.717, 1.165) is 24.4 Å². The summed E-state index contributed by atoms with van der Waals surface area (Å²) < 4.78 is 5.85. The predicted molar refractivity (Wildman–Crippen MR) is 80.4 cm³/mol. The van der Waals surface area contributed by atoms with E-state index in [0.29, 0.717) is 0 Å². The zero-order chi connectivity index (χ0) is 13.7. The lowest BCUT2D eigenvalue weighted by Crippen LogP contribution is -2.21. The minimum Gasteiger partial charge on any atom is -0.459 e. The van der Waals surface area contributed by atoms with Crippen molar-refractivity contribution in [3.63, 3.8) is 0 Å². The minimum absolute atomic E-state index is 0.270. The standard InChI is InChI=1S/C16H24N2O/c1-13(17-10-6-7-11-18(2)3)16-12-14-8-4-5-9-15(14)19-16/h4-5,8-9,12-13,17H,6-7,10-11H2,1-3H3. The van der Waals surface area contributed by atoms with Crippen LogP contribution in [0.1, 0.15) is 31.6 Å². The summed E-state index contributed by atoms with van der Waals surface area (Å²) in [5.41, 5.74) is 0.971. The monoisotopic (exact) mass is 260 g/mol. The van der Waals surface area contributed by atoms with Gasteiger partial charge in [0.25, 0.3) is 0 Å². The van der Waals surface area contributed by atoms with Gasteiger partial charge in [0.05, 0.1) is 6.04 Å². The van der Waals surface area contributed by atoms with Crippen molar-refractivity contribution in [1.82, 2.24) is 10.2 Å². The van der Waals surface area contributed by atoms with Gasteiger partial charge < -0.3 is 14.6 Å². The molecule has 0 aliphatic heterocycles. The number of fused-ring (bicyclic) bond motifs is 1. The van der Waals surface area contributed by atoms with Crippen LogP contribution in [0.4, 0.5) is 0 Å². The molecular weight excluding hydrogens is 236 g/mol. The molecule has 1 heterocycles. The average molecular weight is 260 g/mol. The second-order valence-corrected chi connectivity index (χ2v) is 5.37. The molecule has 0 amide bonds. The first-order valence-corrected chi connectivity index (χ1v) is 7.03. The second kappa shape index (κ2) is 6.73. The summed E-state index contributed by atoms with van der Waals surface area (Å²) in [5, 5.41) is 4.70. The molecule has 2 rings (SSSR count). The number of rotatable bonds is 7. The maximum absolute atomic E-state index is 5.85. The van der Waals surface area contributed by atoms with E-state index < -0.39 is 0 Å². The molecule has 104 valence electrons. The fourth-order valence-electron chi connectivity index (χ4n) is 2.19. The molecule has 0 aliphatic rings. The van der Waals surface area contributed by atoms with Crippen LogP contribution < -0.4 is 5.32 Å². The highest BCUT2D eigenvalue weighted by molar-refractivity contribution is 5.77. The van der Waals surface area contributed by atoms with Gasteiger partial charge in [-0.25, -0.2) is 0 Å². The number of unbranched alkanes of at least 4 members (excludes halogenated alkanes) is 1. The Balaban J connectivity index is 1.81. The second-order valence-electron chi connectivity index (χ2n) is 5.37. The zero-order valence-corrected chi connectivity index (χ0v) is 12.1. The van der Waals surface area contributed by atoms with Crippen LogP contribution in [0.15, 0.2) is 34.7 Å². The fourth-order valence-corrected chi connectivity index (χ4v) is 2.19. The van der Waals surface area contributed by atoms with Crippen LogP contribution in [0, 0.1) is 0 Å². The van der Waals surface area contributed by atoms with Crippen LogP contribution >= 0.6 is 0 Å². The Morgan fingerprint density at radius 1 is 1.21 bits per heavy atom. The van der Waals surface area contributed by atoms with E-state index in [2.05, 4.69) is 43.4 Å². The molecule has 0 saturated heterocycles. The molecule has 0 aliphatic carbocycles. The minimum atomic E-state index is 0.270. The van der Waals surface area contributed by atoms with E-state index in [1.165, 1.54) is 18.2 Å². The predicted octanol–water partition coefficient (Wildman–Crippen LogP) is 3.43. The van der Waals surface area contributed by atoms with Crippen molar-refractivity contribution in [1.29, 1.82) is 0 Å². The molecule has 0 bridgehead atoms. The molecular formula is C16H24N2O. The normalized spacial score (nSPS) is 13.3. The van der Waals surface area contributed by atoms with E-state index in [4.69, 9.17) is 4.42 Å². The van der Waals surface area contributed by atoms with Gasteiger partial charge in [-0.1, -0.05) is 18.2 Å². The molecule has 0 saturated carbocycles. The van der Waals surface area contributed by atoms with Crippen LogP contribution in [0.2, 0.25) is 0 Å². The van der Waals surface area contributed by atoms with Crippen LogP contribution in [0.5, 0.6) is 0 Å². The largest absolute Gasteiger partial charge is 0.459 e. The van der Waals surface area contributed by atoms with Crippen molar-refractivity contribution < 1.29 is 4.42 Å². The zero-order valence-electron chi connectivity index (χ0n) is 12.1. The highest BCUT2D eigenvalue weighted by Crippen LogP contribution is 2.23. The highest BCUT2D eigenvalue weighted by atomic mass is 16.3. The number of para-hydroxylation sites is 1. The van der Waals surface area contributed by atoms with Crippen molar-refractivity contribution in [3.8, 4) is 0 Å². The van der Waals surface area contributed by atoms with Crippen molar-refractivity contribution >= 4 is 11.0 Å². The summed E-state index contributed by atoms with van der Waals surface area (Å²) in [6.07, 6.45) is 2.43. The number of hydrogen-bond acceptors (Lipinski definition) is 3. The van der Waals surface area contributed by atoms with Gasteiger partial charge in [0, 0.05) is 5.39 Å². The smallest absolute Gasteiger partial charge is 0.134 e. The third-order valence-electron chi connectivity index (χ3n) is 3.35. The van der Waals surface area contributed by atoms with Crippen LogP contribution in [-0.4, -0.2) is 32.1 Å². The molecule has 1 unspecified atom stereocenters. The van der Waals surface area contributed by atoms with E-state index in [1.54, 1.807) is 0 Å². The average Bonchev–Trinajstić information content (AvgIpc) is 2.81. The van der Waals surface area contributed by atoms with E-state index in [1.807, 2.05) is 18.2 Å². The molecule has 0 radical (unpaired) electrons. The Labute approximate surface area is 115 Å². The molecule has 3 nitrogen and oxygen atoms in total. The van der Waals surface area contributed by atoms with Crippen molar-refractivity contribution in [2.45, 2.75) is 25.8 Å². The molecule has 1 aromatic carbocycles. The van der Waals surface area contributed by atoms with Gasteiger partial charge in [-0.2, -0.15) is 0 Å². The first kappa shape index (κ1) is 14.1. The SMILES string of the molecule is CC(NCCCCN(C)C)c1cc2ccccc2o1. The Morgan fingerprint density at radius 3 is 2.74 bits per heavy atom. The molecule has 0 spiro atoms. The Kier molecular flexibility index (Phi) is 5.00. The third-order valence-corrected chi connectivity index (χ3v) is 3.35. The van der Waals surface area contributed by atoms with Crippen LogP contribution in [0.25, 0.3) is 11.0 Å². The number of nitrogens with zero attached hydrogens (tertiary/aromatic N) is 1. The number of furan rings is 1. The summed E-state index contributed by atoms with van der Waals surface area (Å²) in [6, 6.07) is 10.6. The third kappa shape index (κ3) is 4.08. The number of hydrogen-bond donors (Lipinski definition) is 1. The Morgan fingerprint density at radius 2 is 2.00 bits per heavy atom. The van der Waals surface area contributed by atoms with Gasteiger partial charge in [-0.05, 0) is 59.1 Å². The van der Waals surface area contributed by atoms with Gasteiger partial charge in [0.1, 0.15) is 11.3 Å². The van der Waals surface area contributed by atoms with Gasteiger partial charge >= 0.3 is 0 Å². The number of nitrogens with one attached hydrogen (secondary N) is 1. The molecule has 1 atom stereocenters. The molecule has 2 aromatic rings. The van der Waals surface area contributed by atoms with Crippen molar-refractivity contribution in [2.24, 2.45) is 0 Å². The molecule has 1 aromatic heterocycles. The van der Waals surface area contributed by atoms with E-state index in [-0.39, 0.29) is 6.04 Å². The highest BCUT2D eigenvalue weighted by Gasteiger charge is 2.10. The summed E-state index contributed by atoms with van der Waals surface area (Å²) in [6.45, 7) is 4.34. The first-order valence-electron chi connectivity index (χ1n) is 7.03. The van der Waals surface area contributed by atoms with E-state index >= 15 is 0 Å². The molecule has 1 N–H and O–H groups in total. The summed E-state index contributed by atoms with van der Waals surface area (Å²) in [4.78, 5) is 2.22. The van der Waals surface area contributed by atoms with Gasteiger partial charge in [0.15, 0.2) is 0 Å². The molecule has 3 heteroatoms. The summed E-state index contributed by atoms with van der Waals surface area (Å²) in [5.74, 6) is 1.02. The topological polar surface area (TPSA) is 28.4 Å². The maximum atomic E-state index is 5.85. The van der Waals surface area contributed by atoms with Crippen molar-refractivity contribution in [2.75, 3.05) is 27.2 Å². The van der Waals surface area contributed by atoms with Crippen LogP contribution in [0.3, 0.4) is 0 Å². The quantitative estimate of drug-likeness (QED) is 0.773. The van der Waals surface area contributed by atoms with Crippen molar-refractivity contribution in [3.05, 3.63) is 36.1 Å². The lowest BCUT2D eigenvalue weighted by atomic mass is 10.2. The lowest BCUT2D eigenvalue weighted by Gasteiger charge is -2.12. The molecule has 0 fully saturated rings. The van der Waals surface area contributed by atoms with Gasteiger partial charge in [0.2, 0.25) is 0 Å². The summed E-state index contributed by atoms with van der Waals surface area (Å²) in [7, 11) is 4.23. The fraction of sp³-hybridized carbons (Fsp3) is 0.500. The lowest BCUT2D eigenvalue weighted by molar-refractivity contribution is 0.384.